The van der Waals surface area contributed by atoms with Gasteiger partial charge in [-0.15, -0.1) is 0 Å². The van der Waals surface area contributed by atoms with Crippen LogP contribution in [0.15, 0.2) is 0 Å². The first-order valence-electron chi connectivity index (χ1n) is 4.01. The maximum absolute atomic E-state index is 11.6. The number of halogens is 8. The van der Waals surface area contributed by atoms with Crippen molar-refractivity contribution in [3.05, 3.63) is 0 Å². The topological polar surface area (TPSA) is 0 Å². The van der Waals surface area contributed by atoms with Crippen LogP contribution in [-0.4, -0.2) is 18.3 Å². The molecule has 0 amide bonds. The highest BCUT2D eigenvalue weighted by atomic mass is 19.4. The van der Waals surface area contributed by atoms with Crippen LogP contribution in [-0.2, 0) is 0 Å². The van der Waals surface area contributed by atoms with Crippen LogP contribution in [0.25, 0.3) is 0 Å². The summed E-state index contributed by atoms with van der Waals surface area (Å²) >= 11 is 0. The van der Waals surface area contributed by atoms with Crippen LogP contribution in [0.2, 0.25) is 0 Å². The molecule has 0 aromatic rings. The average Bonchev–Trinajstić information content (AvgIpc) is 1.76. The van der Waals surface area contributed by atoms with Gasteiger partial charge in [-0.25, -0.2) is 8.78 Å². The molecule has 8 heteroatoms. The molecular formula is C8H12F8. The Bertz CT molecular complexity index is 182. The molecule has 16 heavy (non-hydrogen) atoms. The fraction of sp³-hybridized carbons (Fsp3) is 1.00. The highest BCUT2D eigenvalue weighted by Crippen LogP contribution is 2.49. The van der Waals surface area contributed by atoms with Crippen molar-refractivity contribution < 1.29 is 35.1 Å². The van der Waals surface area contributed by atoms with Gasteiger partial charge in [-0.05, 0) is 27.7 Å². The lowest BCUT2D eigenvalue weighted by Gasteiger charge is -2.29. The third-order valence-electron chi connectivity index (χ3n) is 1.42. The normalized spacial score (nSPS) is 14.2. The summed E-state index contributed by atoms with van der Waals surface area (Å²) in [5, 5.41) is 0. The molecular weight excluding hydrogens is 248 g/mol. The average molecular weight is 260 g/mol. The largest absolute Gasteiger partial charge is 0.402 e. The number of alkyl halides is 8. The molecule has 0 aromatic carbocycles. The second-order valence-corrected chi connectivity index (χ2v) is 3.95. The van der Waals surface area contributed by atoms with E-state index in [2.05, 4.69) is 0 Å². The van der Waals surface area contributed by atoms with E-state index < -0.39 is 23.7 Å². The van der Waals surface area contributed by atoms with Gasteiger partial charge < -0.3 is 0 Å². The number of hydrogen-bond acceptors (Lipinski definition) is 0. The molecule has 0 aromatic heterocycles. The van der Waals surface area contributed by atoms with Crippen molar-refractivity contribution in [3.63, 3.8) is 0 Å². The molecule has 0 nitrogen and oxygen atoms in total. The van der Waals surface area contributed by atoms with Crippen molar-refractivity contribution in [2.45, 2.75) is 46.0 Å². The Labute approximate surface area is 87.6 Å². The lowest BCUT2D eigenvalue weighted by molar-refractivity contribution is -0.327. The summed E-state index contributed by atoms with van der Waals surface area (Å²) < 4.78 is 91.7. The predicted octanol–water partition coefficient (Wildman–Crippen LogP) is 4.80. The van der Waals surface area contributed by atoms with E-state index in [1.807, 2.05) is 0 Å². The van der Waals surface area contributed by atoms with E-state index in [0.29, 0.717) is 0 Å². The molecule has 0 N–H and O–H groups in total. The van der Waals surface area contributed by atoms with Gasteiger partial charge in [0.15, 0.2) is 5.41 Å². The smallest absolute Gasteiger partial charge is 0.208 e. The van der Waals surface area contributed by atoms with Crippen molar-refractivity contribution in [1.82, 2.24) is 0 Å². The Morgan fingerprint density at radius 3 is 0.625 bits per heavy atom. The Kier molecular flexibility index (Phi) is 5.29. The Morgan fingerprint density at radius 2 is 0.625 bits per heavy atom. The second kappa shape index (κ2) is 4.75. The molecule has 0 aliphatic heterocycles. The first kappa shape index (κ1) is 17.8. The zero-order valence-corrected chi connectivity index (χ0v) is 9.02. The van der Waals surface area contributed by atoms with E-state index in [0.717, 1.165) is 13.8 Å². The maximum atomic E-state index is 11.6. The van der Waals surface area contributed by atoms with Gasteiger partial charge in [0.1, 0.15) is 0 Å². The van der Waals surface area contributed by atoms with Crippen LogP contribution < -0.4 is 0 Å². The number of hydrogen-bond donors (Lipinski definition) is 0. The second-order valence-electron chi connectivity index (χ2n) is 3.95. The summed E-state index contributed by atoms with van der Waals surface area (Å²) in [7, 11) is 0. The Hall–Kier alpha value is -0.560. The lowest BCUT2D eigenvalue weighted by Crippen LogP contribution is -2.44. The minimum absolute atomic E-state index is 0.104. The zero-order valence-electron chi connectivity index (χ0n) is 9.02. The Balaban J connectivity index is 0. The van der Waals surface area contributed by atoms with E-state index in [1.54, 1.807) is 0 Å². The Morgan fingerprint density at radius 1 is 0.500 bits per heavy atom. The van der Waals surface area contributed by atoms with E-state index in [9.17, 15) is 35.1 Å². The van der Waals surface area contributed by atoms with Gasteiger partial charge in [-0.3, -0.25) is 0 Å². The summed E-state index contributed by atoms with van der Waals surface area (Å²) in [5.41, 5.74) is -3.62. The molecule has 0 bridgehead atoms. The van der Waals surface area contributed by atoms with E-state index in [4.69, 9.17) is 0 Å². The van der Waals surface area contributed by atoms with Gasteiger partial charge in [0.25, 0.3) is 0 Å². The third kappa shape index (κ3) is 6.84. The van der Waals surface area contributed by atoms with Crippen molar-refractivity contribution in [2.75, 3.05) is 0 Å². The molecule has 0 saturated carbocycles. The van der Waals surface area contributed by atoms with Gasteiger partial charge in [0, 0.05) is 0 Å². The molecule has 100 valence electrons. The van der Waals surface area contributed by atoms with Crippen molar-refractivity contribution in [2.24, 2.45) is 5.41 Å². The molecule has 0 fully saturated rings. The van der Waals surface area contributed by atoms with Crippen LogP contribution >= 0.6 is 0 Å². The summed E-state index contributed by atoms with van der Waals surface area (Å²) in [6.45, 7) is 1.92. The van der Waals surface area contributed by atoms with E-state index >= 15 is 0 Å². The van der Waals surface area contributed by atoms with E-state index in [-0.39, 0.29) is 13.8 Å². The molecule has 0 aliphatic rings. The van der Waals surface area contributed by atoms with Gasteiger partial charge in [0.2, 0.25) is 5.92 Å². The monoisotopic (exact) mass is 260 g/mol. The van der Waals surface area contributed by atoms with Crippen LogP contribution in [0.3, 0.4) is 0 Å². The summed E-state index contributed by atoms with van der Waals surface area (Å²) in [4.78, 5) is 0. The van der Waals surface area contributed by atoms with Gasteiger partial charge in [-0.1, -0.05) is 0 Å². The zero-order chi connectivity index (χ0) is 14.0. The van der Waals surface area contributed by atoms with Crippen molar-refractivity contribution >= 4 is 0 Å². The maximum Gasteiger partial charge on any atom is 0.402 e. The van der Waals surface area contributed by atoms with Gasteiger partial charge >= 0.3 is 12.4 Å². The minimum Gasteiger partial charge on any atom is -0.208 e. The third-order valence-corrected chi connectivity index (χ3v) is 1.42. The molecule has 0 saturated heterocycles. The fourth-order valence-electron chi connectivity index (χ4n) is 0.161. The van der Waals surface area contributed by atoms with Crippen LogP contribution in [0, 0.1) is 5.41 Å². The van der Waals surface area contributed by atoms with Crippen LogP contribution in [0.1, 0.15) is 27.7 Å². The molecule has 0 heterocycles. The summed E-state index contributed by atoms with van der Waals surface area (Å²) in [6.07, 6.45) is -10.5. The van der Waals surface area contributed by atoms with Crippen LogP contribution in [0.5, 0.6) is 0 Å². The summed E-state index contributed by atoms with van der Waals surface area (Å²) in [5.74, 6) is -2.50. The SMILES string of the molecule is CC(C)(C(F)(F)F)C(F)(F)F.CC(C)(F)F. The van der Waals surface area contributed by atoms with Crippen molar-refractivity contribution in [3.8, 4) is 0 Å². The molecule has 0 rings (SSSR count). The first-order valence-corrected chi connectivity index (χ1v) is 4.01. The first-order chi connectivity index (χ1) is 6.50. The standard InChI is InChI=1S/C5H6F6.C3H6F2/c1-3(2,4(6,7)8)5(9,10)11;1-3(2,4)5/h1-2H3;1-2H3. The van der Waals surface area contributed by atoms with Crippen molar-refractivity contribution in [1.29, 1.82) is 0 Å². The highest BCUT2D eigenvalue weighted by molar-refractivity contribution is 4.84. The lowest BCUT2D eigenvalue weighted by atomic mass is 9.92. The predicted molar refractivity (Wildman–Crippen MR) is 42.2 cm³/mol. The van der Waals surface area contributed by atoms with E-state index in [1.165, 1.54) is 0 Å². The molecule has 0 spiro atoms. The quantitative estimate of drug-likeness (QED) is 0.549. The van der Waals surface area contributed by atoms with Gasteiger partial charge in [0.05, 0.1) is 0 Å². The van der Waals surface area contributed by atoms with Crippen LogP contribution in [0.4, 0.5) is 35.1 Å². The molecule has 0 radical (unpaired) electrons. The molecule has 0 aliphatic carbocycles. The minimum atomic E-state index is -5.24. The number of rotatable bonds is 0. The molecule has 0 atom stereocenters. The molecule has 0 unspecified atom stereocenters. The highest BCUT2D eigenvalue weighted by Gasteiger charge is 2.64. The summed E-state index contributed by atoms with van der Waals surface area (Å²) in [6, 6.07) is 0. The fourth-order valence-corrected chi connectivity index (χ4v) is 0.161. The van der Waals surface area contributed by atoms with Gasteiger partial charge in [-0.2, -0.15) is 26.3 Å².